The molecule has 2 rings (SSSR count). The Hall–Kier alpha value is -2.11. The molecule has 0 unspecified atom stereocenters. The quantitative estimate of drug-likeness (QED) is 0.608. The molecular weight excluding hydrogens is 170 g/mol. The number of primary amides is 1. The highest BCUT2D eigenvalue weighted by molar-refractivity contribution is 6.03. The van der Waals surface area contributed by atoms with E-state index in [0.29, 0.717) is 5.52 Å². The molecule has 6 nitrogen and oxygen atoms in total. The number of nitrogens with two attached hydrogens (primary N) is 2. The molecule has 0 bridgehead atoms. The van der Waals surface area contributed by atoms with Crippen LogP contribution in [0.1, 0.15) is 10.4 Å². The van der Waals surface area contributed by atoms with Crippen LogP contribution in [0.2, 0.25) is 0 Å². The van der Waals surface area contributed by atoms with Crippen LogP contribution in [0.3, 0.4) is 0 Å². The van der Waals surface area contributed by atoms with Gasteiger partial charge in [-0.25, -0.2) is 4.52 Å². The van der Waals surface area contributed by atoms with Crippen LogP contribution >= 0.6 is 0 Å². The van der Waals surface area contributed by atoms with E-state index < -0.39 is 5.91 Å². The lowest BCUT2D eigenvalue weighted by atomic mass is 10.2. The summed E-state index contributed by atoms with van der Waals surface area (Å²) in [6, 6.07) is 0. The molecule has 2 aromatic rings. The molecule has 6 heteroatoms. The fourth-order valence-corrected chi connectivity index (χ4v) is 1.17. The molecule has 0 fully saturated rings. The van der Waals surface area contributed by atoms with Crippen LogP contribution < -0.4 is 11.5 Å². The van der Waals surface area contributed by atoms with Crippen molar-refractivity contribution in [2.45, 2.75) is 0 Å². The second-order valence-electron chi connectivity index (χ2n) is 2.53. The van der Waals surface area contributed by atoms with Gasteiger partial charge in [0.05, 0.1) is 11.7 Å². The van der Waals surface area contributed by atoms with Crippen molar-refractivity contribution in [2.24, 2.45) is 5.73 Å². The van der Waals surface area contributed by atoms with Crippen molar-refractivity contribution >= 4 is 17.2 Å². The van der Waals surface area contributed by atoms with Crippen LogP contribution in [-0.4, -0.2) is 20.5 Å². The molecule has 2 heterocycles. The molecule has 0 saturated heterocycles. The number of amides is 1. The van der Waals surface area contributed by atoms with Gasteiger partial charge in [0.2, 0.25) is 0 Å². The molecule has 0 atom stereocenters. The predicted octanol–water partition coefficient (Wildman–Crippen LogP) is -0.590. The Kier molecular flexibility index (Phi) is 1.42. The molecule has 1 amide bonds. The minimum absolute atomic E-state index is 0.125. The van der Waals surface area contributed by atoms with Crippen LogP contribution in [0.4, 0.5) is 5.82 Å². The Morgan fingerprint density at radius 2 is 2.31 bits per heavy atom. The Morgan fingerprint density at radius 3 is 3.00 bits per heavy atom. The number of fused-ring (bicyclic) bond motifs is 1. The van der Waals surface area contributed by atoms with E-state index in [2.05, 4.69) is 10.1 Å². The summed E-state index contributed by atoms with van der Waals surface area (Å²) in [5.41, 5.74) is 11.4. The summed E-state index contributed by atoms with van der Waals surface area (Å²) in [5.74, 6) is -0.471. The van der Waals surface area contributed by atoms with Gasteiger partial charge in [-0.15, -0.1) is 5.10 Å². The van der Waals surface area contributed by atoms with Gasteiger partial charge >= 0.3 is 0 Å². The molecule has 0 saturated carbocycles. The fraction of sp³-hybridized carbons (Fsp3) is 0. The lowest BCUT2D eigenvalue weighted by molar-refractivity contribution is 0.100. The number of anilines is 1. The molecule has 0 aromatic carbocycles. The molecule has 0 radical (unpaired) electrons. The van der Waals surface area contributed by atoms with Gasteiger partial charge < -0.3 is 11.5 Å². The van der Waals surface area contributed by atoms with Crippen molar-refractivity contribution in [3.05, 3.63) is 24.2 Å². The third-order valence-corrected chi connectivity index (χ3v) is 1.71. The number of nitrogen functional groups attached to an aromatic ring is 1. The molecule has 0 aliphatic carbocycles. The number of hydrogen-bond acceptors (Lipinski definition) is 4. The fourth-order valence-electron chi connectivity index (χ4n) is 1.17. The lowest BCUT2D eigenvalue weighted by Gasteiger charge is -1.91. The largest absolute Gasteiger partial charge is 0.382 e. The molecule has 66 valence electrons. The molecule has 4 N–H and O–H groups in total. The van der Waals surface area contributed by atoms with Crippen molar-refractivity contribution in [2.75, 3.05) is 5.73 Å². The van der Waals surface area contributed by atoms with E-state index in [0.717, 1.165) is 0 Å². The maximum Gasteiger partial charge on any atom is 0.254 e. The first-order valence-electron chi connectivity index (χ1n) is 3.58. The maximum atomic E-state index is 11.0. The number of carbonyl (C=O) groups excluding carboxylic acids is 1. The van der Waals surface area contributed by atoms with Gasteiger partial charge in [-0.3, -0.25) is 9.78 Å². The normalized spacial score (nSPS) is 10.5. The van der Waals surface area contributed by atoms with Gasteiger partial charge in [0.1, 0.15) is 5.56 Å². The zero-order valence-electron chi connectivity index (χ0n) is 6.64. The average molecular weight is 177 g/mol. The Morgan fingerprint density at radius 1 is 1.54 bits per heavy atom. The summed E-state index contributed by atoms with van der Waals surface area (Å²) in [7, 11) is 0. The van der Waals surface area contributed by atoms with Crippen LogP contribution in [0.5, 0.6) is 0 Å². The third kappa shape index (κ3) is 0.994. The van der Waals surface area contributed by atoms with Crippen LogP contribution in [0.15, 0.2) is 18.6 Å². The first-order chi connectivity index (χ1) is 6.20. The molecule has 0 aliphatic heterocycles. The second kappa shape index (κ2) is 2.44. The maximum absolute atomic E-state index is 11.0. The number of rotatable bonds is 1. The van der Waals surface area contributed by atoms with Gasteiger partial charge in [-0.05, 0) is 0 Å². The lowest BCUT2D eigenvalue weighted by Crippen LogP contribution is -2.12. The van der Waals surface area contributed by atoms with Gasteiger partial charge in [-0.2, -0.15) is 0 Å². The summed E-state index contributed by atoms with van der Waals surface area (Å²) >= 11 is 0. The molecule has 2 aromatic heterocycles. The molecule has 13 heavy (non-hydrogen) atoms. The van der Waals surface area contributed by atoms with Crippen LogP contribution in [0.25, 0.3) is 5.52 Å². The summed E-state index contributed by atoms with van der Waals surface area (Å²) in [6.07, 6.45) is 4.63. The minimum Gasteiger partial charge on any atom is -0.382 e. The van der Waals surface area contributed by atoms with Crippen LogP contribution in [-0.2, 0) is 0 Å². The van der Waals surface area contributed by atoms with Gasteiger partial charge in [0.15, 0.2) is 5.82 Å². The highest BCUT2D eigenvalue weighted by atomic mass is 16.1. The third-order valence-electron chi connectivity index (χ3n) is 1.71. The van der Waals surface area contributed by atoms with E-state index in [4.69, 9.17) is 11.5 Å². The van der Waals surface area contributed by atoms with Gasteiger partial charge in [0.25, 0.3) is 5.91 Å². The monoisotopic (exact) mass is 177 g/mol. The van der Waals surface area contributed by atoms with E-state index >= 15 is 0 Å². The van der Waals surface area contributed by atoms with Crippen molar-refractivity contribution in [1.82, 2.24) is 14.6 Å². The smallest absolute Gasteiger partial charge is 0.254 e. The summed E-state index contributed by atoms with van der Waals surface area (Å²) in [5, 5.41) is 3.89. The standard InChI is InChI=1S/C7H7N5O/c8-6-5(7(9)13)4-3-10-1-2-12(4)11-6/h1-3H,(H2,8,11)(H2,9,13). The highest BCUT2D eigenvalue weighted by Gasteiger charge is 2.14. The van der Waals surface area contributed by atoms with Crippen molar-refractivity contribution in [1.29, 1.82) is 0 Å². The van der Waals surface area contributed by atoms with Crippen molar-refractivity contribution < 1.29 is 4.79 Å². The SMILES string of the molecule is NC(=O)c1c(N)nn2ccncc12. The first kappa shape index (κ1) is 7.53. The molecular formula is C7H7N5O. The second-order valence-corrected chi connectivity index (χ2v) is 2.53. The predicted molar refractivity (Wildman–Crippen MR) is 45.9 cm³/mol. The van der Waals surface area contributed by atoms with E-state index in [9.17, 15) is 4.79 Å². The summed E-state index contributed by atoms with van der Waals surface area (Å²) < 4.78 is 1.46. The van der Waals surface area contributed by atoms with Gasteiger partial charge in [0, 0.05) is 12.4 Å². The Bertz CT molecular complexity index is 475. The first-order valence-corrected chi connectivity index (χ1v) is 3.58. The van der Waals surface area contributed by atoms with E-state index in [-0.39, 0.29) is 11.4 Å². The van der Waals surface area contributed by atoms with E-state index in [1.54, 1.807) is 12.4 Å². The number of hydrogen-bond donors (Lipinski definition) is 2. The highest BCUT2D eigenvalue weighted by Crippen LogP contribution is 2.15. The van der Waals surface area contributed by atoms with Gasteiger partial charge in [-0.1, -0.05) is 0 Å². The van der Waals surface area contributed by atoms with E-state index in [1.807, 2.05) is 0 Å². The topological polar surface area (TPSA) is 99.3 Å². The summed E-state index contributed by atoms with van der Waals surface area (Å²) in [6.45, 7) is 0. The zero-order valence-corrected chi connectivity index (χ0v) is 6.64. The average Bonchev–Trinajstić information content (AvgIpc) is 2.39. The number of carbonyl (C=O) groups is 1. The van der Waals surface area contributed by atoms with Crippen LogP contribution in [0, 0.1) is 0 Å². The van der Waals surface area contributed by atoms with E-state index in [1.165, 1.54) is 10.7 Å². The minimum atomic E-state index is -0.597. The van der Waals surface area contributed by atoms with Crippen molar-refractivity contribution in [3.8, 4) is 0 Å². The Labute approximate surface area is 73.2 Å². The number of nitrogens with zero attached hydrogens (tertiary/aromatic N) is 3. The van der Waals surface area contributed by atoms with Crippen molar-refractivity contribution in [3.63, 3.8) is 0 Å². The summed E-state index contributed by atoms with van der Waals surface area (Å²) in [4.78, 5) is 14.8. The molecule has 0 aliphatic rings. The molecule has 0 spiro atoms. The Balaban J connectivity index is 2.86. The zero-order chi connectivity index (χ0) is 9.42. The number of aromatic nitrogens is 3.